The molecule has 1 aromatic rings. The summed E-state index contributed by atoms with van der Waals surface area (Å²) in [7, 11) is 0. The van der Waals surface area contributed by atoms with Crippen LogP contribution in [0.5, 0.6) is 11.5 Å². The Morgan fingerprint density at radius 1 is 1.53 bits per heavy atom. The average molecular weight is 236 g/mol. The van der Waals surface area contributed by atoms with Crippen LogP contribution in [0.3, 0.4) is 0 Å². The first-order valence-corrected chi connectivity index (χ1v) is 5.30. The van der Waals surface area contributed by atoms with Crippen LogP contribution in [-0.2, 0) is 4.79 Å². The molecule has 0 radical (unpaired) electrons. The van der Waals surface area contributed by atoms with Crippen LogP contribution >= 0.6 is 0 Å². The molecule has 4 heteroatoms. The largest absolute Gasteiger partial charge is 0.490 e. The van der Waals surface area contributed by atoms with E-state index in [-0.39, 0.29) is 12.7 Å². The minimum atomic E-state index is -1.01. The summed E-state index contributed by atoms with van der Waals surface area (Å²) in [5.41, 5.74) is 0.779. The lowest BCUT2D eigenvalue weighted by molar-refractivity contribution is -0.139. The van der Waals surface area contributed by atoms with Gasteiger partial charge in [-0.1, -0.05) is 12.7 Å². The van der Waals surface area contributed by atoms with Gasteiger partial charge in [0, 0.05) is 5.56 Å². The van der Waals surface area contributed by atoms with Gasteiger partial charge in [-0.3, -0.25) is 0 Å². The predicted octanol–water partition coefficient (Wildman–Crippen LogP) is 2.58. The first kappa shape index (κ1) is 13.1. The third kappa shape index (κ3) is 4.18. The molecular formula is C13H16O4. The van der Waals surface area contributed by atoms with Crippen LogP contribution in [0.2, 0.25) is 0 Å². The van der Waals surface area contributed by atoms with Crippen molar-refractivity contribution in [2.45, 2.75) is 20.0 Å². The summed E-state index contributed by atoms with van der Waals surface area (Å²) in [6.07, 6.45) is 1.71. The van der Waals surface area contributed by atoms with E-state index in [1.807, 2.05) is 13.8 Å². The quantitative estimate of drug-likeness (QED) is 0.824. The van der Waals surface area contributed by atoms with Gasteiger partial charge in [-0.05, 0) is 32.0 Å². The molecule has 0 aliphatic heterocycles. The molecule has 1 N–H and O–H groups in total. The van der Waals surface area contributed by atoms with Crippen LogP contribution in [0.1, 0.15) is 19.4 Å². The summed E-state index contributed by atoms with van der Waals surface area (Å²) in [6.45, 7) is 7.19. The van der Waals surface area contributed by atoms with Gasteiger partial charge in [0.25, 0.3) is 0 Å². The summed E-state index contributed by atoms with van der Waals surface area (Å²) >= 11 is 0. The molecule has 0 saturated carbocycles. The maximum absolute atomic E-state index is 10.4. The molecule has 0 aromatic heterocycles. The Labute approximate surface area is 100 Å². The zero-order valence-corrected chi connectivity index (χ0v) is 9.97. The number of carboxylic acid groups (broad SMARTS) is 1. The second-order valence-corrected chi connectivity index (χ2v) is 3.75. The van der Waals surface area contributed by atoms with Crippen LogP contribution in [0.4, 0.5) is 0 Å². The molecule has 0 heterocycles. The lowest BCUT2D eigenvalue weighted by Crippen LogP contribution is -2.10. The molecule has 4 nitrogen and oxygen atoms in total. The van der Waals surface area contributed by atoms with Crippen molar-refractivity contribution in [1.29, 1.82) is 0 Å². The van der Waals surface area contributed by atoms with E-state index in [0.717, 1.165) is 5.56 Å². The van der Waals surface area contributed by atoms with Crippen molar-refractivity contribution >= 4 is 12.0 Å². The fraction of sp³-hybridized carbons (Fsp3) is 0.308. The van der Waals surface area contributed by atoms with Gasteiger partial charge in [0.15, 0.2) is 6.61 Å². The van der Waals surface area contributed by atoms with Gasteiger partial charge < -0.3 is 14.6 Å². The SMILES string of the molecule is C=Cc1cc(OCC(=O)O)ccc1OC(C)C. The standard InChI is InChI=1S/C13H16O4/c1-4-10-7-11(16-8-13(14)15)5-6-12(10)17-9(2)3/h4-7,9H,1,8H2,2-3H3,(H,14,15). The van der Waals surface area contributed by atoms with Gasteiger partial charge in [-0.25, -0.2) is 4.79 Å². The number of hydrogen-bond acceptors (Lipinski definition) is 3. The van der Waals surface area contributed by atoms with Crippen molar-refractivity contribution in [3.05, 3.63) is 30.3 Å². The topological polar surface area (TPSA) is 55.8 Å². The maximum Gasteiger partial charge on any atom is 0.341 e. The summed E-state index contributed by atoms with van der Waals surface area (Å²) in [5, 5.41) is 8.50. The smallest absolute Gasteiger partial charge is 0.341 e. The molecule has 1 rings (SSSR count). The summed E-state index contributed by atoms with van der Waals surface area (Å²) in [4.78, 5) is 10.4. The highest BCUT2D eigenvalue weighted by Crippen LogP contribution is 2.26. The average Bonchev–Trinajstić information content (AvgIpc) is 2.26. The molecule has 0 saturated heterocycles. The Morgan fingerprint density at radius 2 is 2.24 bits per heavy atom. The lowest BCUT2D eigenvalue weighted by Gasteiger charge is -2.13. The molecule has 0 amide bonds. The molecule has 0 aliphatic carbocycles. The van der Waals surface area contributed by atoms with E-state index in [0.29, 0.717) is 11.5 Å². The van der Waals surface area contributed by atoms with Crippen molar-refractivity contribution in [2.24, 2.45) is 0 Å². The number of carboxylic acids is 1. The van der Waals surface area contributed by atoms with E-state index < -0.39 is 5.97 Å². The van der Waals surface area contributed by atoms with Gasteiger partial charge in [0.2, 0.25) is 0 Å². The molecule has 92 valence electrons. The van der Waals surface area contributed by atoms with Gasteiger partial charge in [-0.2, -0.15) is 0 Å². The Balaban J connectivity index is 2.84. The first-order chi connectivity index (χ1) is 8.02. The molecule has 0 bridgehead atoms. The van der Waals surface area contributed by atoms with Crippen molar-refractivity contribution in [3.63, 3.8) is 0 Å². The van der Waals surface area contributed by atoms with Gasteiger partial charge in [-0.15, -0.1) is 0 Å². The molecule has 0 unspecified atom stereocenters. The van der Waals surface area contributed by atoms with E-state index in [2.05, 4.69) is 6.58 Å². The zero-order chi connectivity index (χ0) is 12.8. The monoisotopic (exact) mass is 236 g/mol. The van der Waals surface area contributed by atoms with Crippen molar-refractivity contribution in [3.8, 4) is 11.5 Å². The molecule has 1 aromatic carbocycles. The second-order valence-electron chi connectivity index (χ2n) is 3.75. The third-order valence-electron chi connectivity index (χ3n) is 1.93. The summed E-state index contributed by atoms with van der Waals surface area (Å²) < 4.78 is 10.6. The highest BCUT2D eigenvalue weighted by atomic mass is 16.5. The van der Waals surface area contributed by atoms with Gasteiger partial charge >= 0.3 is 5.97 Å². The summed E-state index contributed by atoms with van der Waals surface area (Å²) in [6, 6.07) is 5.12. The second kappa shape index (κ2) is 5.94. The third-order valence-corrected chi connectivity index (χ3v) is 1.93. The number of hydrogen-bond donors (Lipinski definition) is 1. The van der Waals surface area contributed by atoms with Crippen molar-refractivity contribution < 1.29 is 19.4 Å². The molecule has 0 aliphatic rings. The fourth-order valence-electron chi connectivity index (χ4n) is 1.28. The zero-order valence-electron chi connectivity index (χ0n) is 9.97. The van der Waals surface area contributed by atoms with Crippen molar-refractivity contribution in [1.82, 2.24) is 0 Å². The van der Waals surface area contributed by atoms with Crippen molar-refractivity contribution in [2.75, 3.05) is 6.61 Å². The van der Waals surface area contributed by atoms with Crippen LogP contribution in [0, 0.1) is 0 Å². The molecule has 0 atom stereocenters. The Morgan fingerprint density at radius 3 is 2.76 bits per heavy atom. The Hall–Kier alpha value is -1.97. The number of ether oxygens (including phenoxy) is 2. The van der Waals surface area contributed by atoms with E-state index >= 15 is 0 Å². The molecular weight excluding hydrogens is 220 g/mol. The minimum absolute atomic E-state index is 0.0690. The van der Waals surface area contributed by atoms with Crippen LogP contribution < -0.4 is 9.47 Å². The van der Waals surface area contributed by atoms with E-state index in [9.17, 15) is 4.79 Å². The van der Waals surface area contributed by atoms with Crippen LogP contribution in [-0.4, -0.2) is 23.8 Å². The molecule has 0 fully saturated rings. The minimum Gasteiger partial charge on any atom is -0.490 e. The van der Waals surface area contributed by atoms with E-state index in [4.69, 9.17) is 14.6 Å². The Kier molecular flexibility index (Phi) is 4.57. The van der Waals surface area contributed by atoms with Crippen LogP contribution in [0.25, 0.3) is 6.08 Å². The van der Waals surface area contributed by atoms with Gasteiger partial charge in [0.1, 0.15) is 11.5 Å². The molecule has 0 spiro atoms. The number of benzene rings is 1. The van der Waals surface area contributed by atoms with E-state index in [1.165, 1.54) is 0 Å². The number of aliphatic carboxylic acids is 1. The first-order valence-electron chi connectivity index (χ1n) is 5.30. The molecule has 17 heavy (non-hydrogen) atoms. The number of rotatable bonds is 6. The lowest BCUT2D eigenvalue weighted by atomic mass is 10.2. The normalized spacial score (nSPS) is 10.1. The van der Waals surface area contributed by atoms with Gasteiger partial charge in [0.05, 0.1) is 6.10 Å². The predicted molar refractivity (Wildman–Crippen MR) is 65.4 cm³/mol. The van der Waals surface area contributed by atoms with E-state index in [1.54, 1.807) is 24.3 Å². The number of carbonyl (C=O) groups is 1. The highest BCUT2D eigenvalue weighted by molar-refractivity contribution is 5.68. The fourth-order valence-corrected chi connectivity index (χ4v) is 1.28. The Bertz CT molecular complexity index is 410. The summed E-state index contributed by atoms with van der Waals surface area (Å²) in [5.74, 6) is 0.184. The maximum atomic E-state index is 10.4. The van der Waals surface area contributed by atoms with Crippen LogP contribution in [0.15, 0.2) is 24.8 Å². The highest BCUT2D eigenvalue weighted by Gasteiger charge is 2.06.